The molecule has 0 atom stereocenters. The van der Waals surface area contributed by atoms with E-state index in [0.29, 0.717) is 18.5 Å². The Hall–Kier alpha value is -1.40. The van der Waals surface area contributed by atoms with Crippen molar-refractivity contribution < 1.29 is 18.3 Å². The van der Waals surface area contributed by atoms with Crippen LogP contribution in [0.5, 0.6) is 0 Å². The largest absolute Gasteiger partial charge is 0.478 e. The van der Waals surface area contributed by atoms with Gasteiger partial charge in [-0.1, -0.05) is 26.3 Å². The van der Waals surface area contributed by atoms with Crippen LogP contribution in [0.1, 0.15) is 42.6 Å². The molecule has 0 aromatic heterocycles. The van der Waals surface area contributed by atoms with Crippen LogP contribution in [0.4, 0.5) is 0 Å². The van der Waals surface area contributed by atoms with Crippen molar-refractivity contribution in [1.82, 2.24) is 4.31 Å². The molecule has 1 rings (SSSR count). The average Bonchev–Trinajstić information content (AvgIpc) is 2.43. The Bertz CT molecular complexity index is 581. The van der Waals surface area contributed by atoms with Gasteiger partial charge in [-0.05, 0) is 30.5 Å². The molecule has 1 N–H and O–H groups in total. The number of carboxylic acid groups (broad SMARTS) is 1. The molecule has 20 heavy (non-hydrogen) atoms. The second-order valence-electron chi connectivity index (χ2n) is 4.66. The molecule has 0 saturated heterocycles. The number of nitrogens with zero attached hydrogens (tertiary/aromatic N) is 1. The van der Waals surface area contributed by atoms with Gasteiger partial charge in [-0.3, -0.25) is 0 Å². The smallest absolute Gasteiger partial charge is 0.336 e. The Labute approximate surface area is 120 Å². The molecule has 0 aliphatic rings. The fourth-order valence-corrected chi connectivity index (χ4v) is 3.14. The molecule has 1 aromatic carbocycles. The first-order chi connectivity index (χ1) is 9.34. The van der Waals surface area contributed by atoms with Crippen molar-refractivity contribution in [1.29, 1.82) is 0 Å². The molecule has 0 amide bonds. The van der Waals surface area contributed by atoms with Gasteiger partial charge in [0.25, 0.3) is 0 Å². The van der Waals surface area contributed by atoms with Crippen LogP contribution in [0, 0.1) is 0 Å². The average molecular weight is 299 g/mol. The van der Waals surface area contributed by atoms with E-state index in [1.807, 2.05) is 13.8 Å². The molecular formula is C14H21NO4S. The highest BCUT2D eigenvalue weighted by molar-refractivity contribution is 7.89. The number of sulfonamides is 1. The summed E-state index contributed by atoms with van der Waals surface area (Å²) in [7, 11) is -2.11. The topological polar surface area (TPSA) is 74.7 Å². The zero-order valence-corrected chi connectivity index (χ0v) is 12.9. The van der Waals surface area contributed by atoms with Gasteiger partial charge in [0.15, 0.2) is 0 Å². The highest BCUT2D eigenvalue weighted by Gasteiger charge is 2.22. The lowest BCUT2D eigenvalue weighted by molar-refractivity contribution is 0.0695. The highest BCUT2D eigenvalue weighted by atomic mass is 32.2. The highest BCUT2D eigenvalue weighted by Crippen LogP contribution is 2.20. The van der Waals surface area contributed by atoms with Crippen molar-refractivity contribution in [3.8, 4) is 0 Å². The van der Waals surface area contributed by atoms with E-state index in [2.05, 4.69) is 0 Å². The van der Waals surface area contributed by atoms with E-state index in [1.54, 1.807) is 6.07 Å². The van der Waals surface area contributed by atoms with Crippen molar-refractivity contribution in [2.45, 2.75) is 38.0 Å². The van der Waals surface area contributed by atoms with E-state index >= 15 is 0 Å². The second kappa shape index (κ2) is 6.85. The minimum Gasteiger partial charge on any atom is -0.478 e. The maximum Gasteiger partial charge on any atom is 0.336 e. The lowest BCUT2D eigenvalue weighted by Crippen LogP contribution is -2.28. The molecule has 0 saturated carbocycles. The van der Waals surface area contributed by atoms with E-state index in [9.17, 15) is 13.2 Å². The van der Waals surface area contributed by atoms with Gasteiger partial charge in [-0.25, -0.2) is 17.5 Å². The van der Waals surface area contributed by atoms with Gasteiger partial charge < -0.3 is 5.11 Å². The lowest BCUT2D eigenvalue weighted by Gasteiger charge is -2.17. The van der Waals surface area contributed by atoms with Gasteiger partial charge in [-0.15, -0.1) is 0 Å². The molecule has 0 radical (unpaired) electrons. The first-order valence-electron chi connectivity index (χ1n) is 6.67. The van der Waals surface area contributed by atoms with Crippen LogP contribution in [0.25, 0.3) is 0 Å². The third-order valence-electron chi connectivity index (χ3n) is 3.23. The molecular weight excluding hydrogens is 278 g/mol. The van der Waals surface area contributed by atoms with Gasteiger partial charge in [-0.2, -0.15) is 0 Å². The maximum atomic E-state index is 12.3. The molecule has 6 heteroatoms. The fourth-order valence-electron chi connectivity index (χ4n) is 1.90. The molecule has 112 valence electrons. The van der Waals surface area contributed by atoms with Crippen LogP contribution in [0.2, 0.25) is 0 Å². The summed E-state index contributed by atoms with van der Waals surface area (Å²) in [6.07, 6.45) is 2.22. The first kappa shape index (κ1) is 16.7. The number of carbonyl (C=O) groups is 1. The van der Waals surface area contributed by atoms with Gasteiger partial charge in [0.1, 0.15) is 0 Å². The molecule has 0 aliphatic carbocycles. The summed E-state index contributed by atoms with van der Waals surface area (Å²) < 4.78 is 26.0. The summed E-state index contributed by atoms with van der Waals surface area (Å²) in [5.41, 5.74) is 0.685. The number of hydrogen-bond acceptors (Lipinski definition) is 3. The SMILES string of the molecule is CCCCN(C)S(=O)(=O)c1ccc(CC)c(C(=O)O)c1. The summed E-state index contributed by atoms with van der Waals surface area (Å²) in [5.74, 6) is -1.10. The van der Waals surface area contributed by atoms with E-state index in [1.165, 1.54) is 23.5 Å². The number of unbranched alkanes of at least 4 members (excludes halogenated alkanes) is 1. The maximum absolute atomic E-state index is 12.3. The minimum atomic E-state index is -3.62. The third kappa shape index (κ3) is 3.58. The van der Waals surface area contributed by atoms with Crippen molar-refractivity contribution in [2.75, 3.05) is 13.6 Å². The molecule has 0 aliphatic heterocycles. The van der Waals surface area contributed by atoms with Crippen LogP contribution in [-0.2, 0) is 16.4 Å². The van der Waals surface area contributed by atoms with Crippen molar-refractivity contribution in [2.24, 2.45) is 0 Å². The fraction of sp³-hybridized carbons (Fsp3) is 0.500. The molecule has 0 unspecified atom stereocenters. The normalized spacial score (nSPS) is 11.8. The molecule has 0 bridgehead atoms. The summed E-state index contributed by atoms with van der Waals surface area (Å²) in [5, 5.41) is 9.16. The van der Waals surface area contributed by atoms with Gasteiger partial charge >= 0.3 is 5.97 Å². The van der Waals surface area contributed by atoms with Gasteiger partial charge in [0, 0.05) is 13.6 Å². The van der Waals surface area contributed by atoms with Crippen LogP contribution in [-0.4, -0.2) is 37.4 Å². The zero-order chi connectivity index (χ0) is 15.3. The summed E-state index contributed by atoms with van der Waals surface area (Å²) >= 11 is 0. The zero-order valence-electron chi connectivity index (χ0n) is 12.1. The molecule has 1 aromatic rings. The number of aromatic carboxylic acids is 1. The summed E-state index contributed by atoms with van der Waals surface area (Å²) in [6, 6.07) is 4.30. The monoisotopic (exact) mass is 299 g/mol. The van der Waals surface area contributed by atoms with Crippen molar-refractivity contribution in [3.63, 3.8) is 0 Å². The molecule has 0 heterocycles. The number of aryl methyl sites for hydroxylation is 1. The molecule has 0 fully saturated rings. The summed E-state index contributed by atoms with van der Waals surface area (Å²) in [4.78, 5) is 11.2. The van der Waals surface area contributed by atoms with E-state index in [0.717, 1.165) is 12.8 Å². The number of hydrogen-bond donors (Lipinski definition) is 1. The number of benzene rings is 1. The first-order valence-corrected chi connectivity index (χ1v) is 8.11. The van der Waals surface area contributed by atoms with Gasteiger partial charge in [0.2, 0.25) is 10.0 Å². The van der Waals surface area contributed by atoms with Crippen LogP contribution in [0.15, 0.2) is 23.1 Å². The Balaban J connectivity index is 3.19. The number of carboxylic acids is 1. The predicted octanol–water partition coefficient (Wildman–Crippen LogP) is 2.37. The standard InChI is InChI=1S/C14H21NO4S/c1-4-6-9-15(3)20(18,19)12-8-7-11(5-2)13(10-12)14(16)17/h7-8,10H,4-6,9H2,1-3H3,(H,16,17). The quantitative estimate of drug-likeness (QED) is 0.838. The Morgan fingerprint density at radius 2 is 1.95 bits per heavy atom. The minimum absolute atomic E-state index is 0.0331. The summed E-state index contributed by atoms with van der Waals surface area (Å²) in [6.45, 7) is 4.25. The van der Waals surface area contributed by atoms with Crippen LogP contribution < -0.4 is 0 Å². The van der Waals surface area contributed by atoms with Crippen molar-refractivity contribution in [3.05, 3.63) is 29.3 Å². The third-order valence-corrected chi connectivity index (χ3v) is 5.08. The number of rotatable bonds is 7. The lowest BCUT2D eigenvalue weighted by atomic mass is 10.1. The van der Waals surface area contributed by atoms with E-state index < -0.39 is 16.0 Å². The van der Waals surface area contributed by atoms with E-state index in [-0.39, 0.29) is 10.5 Å². The molecule has 5 nitrogen and oxygen atoms in total. The van der Waals surface area contributed by atoms with Crippen molar-refractivity contribution >= 4 is 16.0 Å². The van der Waals surface area contributed by atoms with Gasteiger partial charge in [0.05, 0.1) is 10.5 Å². The Morgan fingerprint density at radius 1 is 1.30 bits per heavy atom. The van der Waals surface area contributed by atoms with E-state index in [4.69, 9.17) is 5.11 Å². The van der Waals surface area contributed by atoms with Crippen LogP contribution in [0.3, 0.4) is 0 Å². The Morgan fingerprint density at radius 3 is 2.45 bits per heavy atom. The van der Waals surface area contributed by atoms with Crippen LogP contribution >= 0.6 is 0 Å². The predicted molar refractivity (Wildman–Crippen MR) is 77.5 cm³/mol. The second-order valence-corrected chi connectivity index (χ2v) is 6.70. The Kier molecular flexibility index (Phi) is 5.71. The molecule has 0 spiro atoms.